The van der Waals surface area contributed by atoms with E-state index in [0.29, 0.717) is 30.1 Å². The predicted molar refractivity (Wildman–Crippen MR) is 85.4 cm³/mol. The van der Waals surface area contributed by atoms with E-state index in [1.807, 2.05) is 12.1 Å². The topological polar surface area (TPSA) is 82.1 Å². The van der Waals surface area contributed by atoms with Crippen molar-refractivity contribution in [1.82, 2.24) is 0 Å². The first-order valence-electron chi connectivity index (χ1n) is 7.21. The Labute approximate surface area is 135 Å². The van der Waals surface area contributed by atoms with Gasteiger partial charge in [0.15, 0.2) is 17.3 Å². The molecule has 0 spiro atoms. The van der Waals surface area contributed by atoms with Gasteiger partial charge in [-0.15, -0.1) is 0 Å². The van der Waals surface area contributed by atoms with Crippen molar-refractivity contribution in [3.8, 4) is 17.2 Å². The summed E-state index contributed by atoms with van der Waals surface area (Å²) in [5.41, 5.74) is 0.988. The Kier molecular flexibility index (Phi) is 7.66. The number of methoxy groups -OCH3 is 3. The van der Waals surface area contributed by atoms with E-state index < -0.39 is 5.97 Å². The SMILES string of the molecule is COc1cc(CCC=CC(=O)CCC(=O)O)cc(OC)c1OC. The van der Waals surface area contributed by atoms with Crippen LogP contribution in [0.25, 0.3) is 0 Å². The molecule has 6 heteroatoms. The van der Waals surface area contributed by atoms with Crippen LogP contribution in [0.5, 0.6) is 17.2 Å². The van der Waals surface area contributed by atoms with Gasteiger partial charge in [0.05, 0.1) is 27.8 Å². The zero-order valence-electron chi connectivity index (χ0n) is 13.6. The summed E-state index contributed by atoms with van der Waals surface area (Å²) in [6.45, 7) is 0. The average molecular weight is 322 g/mol. The number of ketones is 1. The number of carbonyl (C=O) groups is 2. The highest BCUT2D eigenvalue weighted by Gasteiger charge is 2.12. The minimum absolute atomic E-state index is 0.0238. The van der Waals surface area contributed by atoms with Gasteiger partial charge in [-0.25, -0.2) is 0 Å². The van der Waals surface area contributed by atoms with Crippen LogP contribution in [-0.4, -0.2) is 38.2 Å². The molecule has 0 amide bonds. The number of carboxylic acids is 1. The predicted octanol–water partition coefficient (Wildman–Crippen LogP) is 2.64. The van der Waals surface area contributed by atoms with Crippen molar-refractivity contribution in [2.45, 2.75) is 25.7 Å². The Balaban J connectivity index is 2.64. The Morgan fingerprint density at radius 1 is 1.04 bits per heavy atom. The molecule has 0 atom stereocenters. The van der Waals surface area contributed by atoms with E-state index in [0.717, 1.165) is 5.56 Å². The monoisotopic (exact) mass is 322 g/mol. The zero-order valence-corrected chi connectivity index (χ0v) is 13.6. The lowest BCUT2D eigenvalue weighted by molar-refractivity contribution is -0.138. The van der Waals surface area contributed by atoms with Crippen molar-refractivity contribution < 1.29 is 28.9 Å². The number of hydrogen-bond donors (Lipinski definition) is 1. The van der Waals surface area contributed by atoms with Crippen LogP contribution in [0.2, 0.25) is 0 Å². The molecule has 1 N–H and O–H groups in total. The number of allylic oxidation sites excluding steroid dienone is 2. The van der Waals surface area contributed by atoms with Gasteiger partial charge in [0.2, 0.25) is 5.75 Å². The lowest BCUT2D eigenvalue weighted by Gasteiger charge is -2.13. The van der Waals surface area contributed by atoms with Crippen molar-refractivity contribution in [1.29, 1.82) is 0 Å². The molecule has 0 aliphatic rings. The Bertz CT molecular complexity index is 551. The lowest BCUT2D eigenvalue weighted by Crippen LogP contribution is -2.00. The molecule has 1 aromatic carbocycles. The van der Waals surface area contributed by atoms with Crippen molar-refractivity contribution in [3.63, 3.8) is 0 Å². The van der Waals surface area contributed by atoms with Crippen LogP contribution in [0.4, 0.5) is 0 Å². The maximum atomic E-state index is 11.4. The van der Waals surface area contributed by atoms with Crippen LogP contribution in [-0.2, 0) is 16.0 Å². The molecule has 0 radical (unpaired) electrons. The summed E-state index contributed by atoms with van der Waals surface area (Å²) < 4.78 is 15.8. The van der Waals surface area contributed by atoms with Gasteiger partial charge in [0, 0.05) is 6.42 Å². The molecule has 6 nitrogen and oxygen atoms in total. The van der Waals surface area contributed by atoms with Crippen LogP contribution in [0.3, 0.4) is 0 Å². The summed E-state index contributed by atoms with van der Waals surface area (Å²) in [5, 5.41) is 8.51. The van der Waals surface area contributed by atoms with Crippen molar-refractivity contribution in [2.75, 3.05) is 21.3 Å². The fourth-order valence-electron chi connectivity index (χ4n) is 2.06. The summed E-state index contributed by atoms with van der Waals surface area (Å²) in [6, 6.07) is 3.73. The summed E-state index contributed by atoms with van der Waals surface area (Å²) in [5.74, 6) is 0.561. The first-order chi connectivity index (χ1) is 11.0. The Morgan fingerprint density at radius 3 is 2.13 bits per heavy atom. The number of carbonyl (C=O) groups excluding carboxylic acids is 1. The Morgan fingerprint density at radius 2 is 1.65 bits per heavy atom. The molecule has 0 bridgehead atoms. The quantitative estimate of drug-likeness (QED) is 0.667. The van der Waals surface area contributed by atoms with E-state index >= 15 is 0 Å². The third-order valence-electron chi connectivity index (χ3n) is 3.21. The lowest BCUT2D eigenvalue weighted by atomic mass is 10.1. The molecule has 0 fully saturated rings. The van der Waals surface area contributed by atoms with Crippen LogP contribution in [0.1, 0.15) is 24.8 Å². The fraction of sp³-hybridized carbons (Fsp3) is 0.412. The van der Waals surface area contributed by atoms with Crippen molar-refractivity contribution >= 4 is 11.8 Å². The molecular weight excluding hydrogens is 300 g/mol. The van der Waals surface area contributed by atoms with Gasteiger partial charge in [0.1, 0.15) is 0 Å². The van der Waals surface area contributed by atoms with Gasteiger partial charge in [-0.2, -0.15) is 0 Å². The van der Waals surface area contributed by atoms with E-state index in [1.165, 1.54) is 6.08 Å². The number of ether oxygens (including phenoxy) is 3. The molecule has 0 heterocycles. The Hall–Kier alpha value is -2.50. The van der Waals surface area contributed by atoms with Crippen LogP contribution >= 0.6 is 0 Å². The molecule has 126 valence electrons. The molecule has 0 unspecified atom stereocenters. The molecule has 1 rings (SSSR count). The maximum Gasteiger partial charge on any atom is 0.303 e. The highest BCUT2D eigenvalue weighted by atomic mass is 16.5. The minimum atomic E-state index is -0.968. The number of carboxylic acid groups (broad SMARTS) is 1. The van der Waals surface area contributed by atoms with Gasteiger partial charge in [-0.05, 0) is 36.6 Å². The maximum absolute atomic E-state index is 11.4. The second-order valence-electron chi connectivity index (χ2n) is 4.83. The van der Waals surface area contributed by atoms with Gasteiger partial charge in [-0.3, -0.25) is 9.59 Å². The molecule has 0 saturated heterocycles. The minimum Gasteiger partial charge on any atom is -0.493 e. The van der Waals surface area contributed by atoms with Gasteiger partial charge >= 0.3 is 5.97 Å². The average Bonchev–Trinajstić information content (AvgIpc) is 2.55. The molecular formula is C17H22O6. The zero-order chi connectivity index (χ0) is 17.2. The van der Waals surface area contributed by atoms with E-state index in [4.69, 9.17) is 19.3 Å². The second-order valence-corrected chi connectivity index (χ2v) is 4.83. The normalized spacial score (nSPS) is 10.6. The van der Waals surface area contributed by atoms with Crippen LogP contribution < -0.4 is 14.2 Å². The van der Waals surface area contributed by atoms with E-state index in [9.17, 15) is 9.59 Å². The molecule has 23 heavy (non-hydrogen) atoms. The van der Waals surface area contributed by atoms with Crippen molar-refractivity contribution in [2.24, 2.45) is 0 Å². The summed E-state index contributed by atoms with van der Waals surface area (Å²) in [4.78, 5) is 21.8. The molecule has 0 aliphatic heterocycles. The van der Waals surface area contributed by atoms with Crippen LogP contribution in [0, 0.1) is 0 Å². The fourth-order valence-corrected chi connectivity index (χ4v) is 2.06. The highest BCUT2D eigenvalue weighted by Crippen LogP contribution is 2.38. The highest BCUT2D eigenvalue weighted by molar-refractivity contribution is 5.91. The van der Waals surface area contributed by atoms with Gasteiger partial charge < -0.3 is 19.3 Å². The van der Waals surface area contributed by atoms with E-state index in [-0.39, 0.29) is 18.6 Å². The second kappa shape index (κ2) is 9.50. The van der Waals surface area contributed by atoms with Crippen molar-refractivity contribution in [3.05, 3.63) is 29.8 Å². The standard InChI is InChI=1S/C17H22O6/c1-21-14-10-12(11-15(22-2)17(14)23-3)6-4-5-7-13(18)8-9-16(19)20/h5,7,10-11H,4,6,8-9H2,1-3H3,(H,19,20). The van der Waals surface area contributed by atoms with E-state index in [1.54, 1.807) is 27.4 Å². The number of benzene rings is 1. The first-order valence-corrected chi connectivity index (χ1v) is 7.21. The molecule has 0 saturated carbocycles. The molecule has 1 aromatic rings. The number of hydrogen-bond acceptors (Lipinski definition) is 5. The third kappa shape index (κ3) is 6.02. The van der Waals surface area contributed by atoms with E-state index in [2.05, 4.69) is 0 Å². The number of aryl methyl sites for hydroxylation is 1. The number of aliphatic carboxylic acids is 1. The largest absolute Gasteiger partial charge is 0.493 e. The van der Waals surface area contributed by atoms with Gasteiger partial charge in [0.25, 0.3) is 0 Å². The first kappa shape index (κ1) is 18.5. The molecule has 0 aliphatic carbocycles. The van der Waals surface area contributed by atoms with Gasteiger partial charge in [-0.1, -0.05) is 6.08 Å². The summed E-state index contributed by atoms with van der Waals surface area (Å²) >= 11 is 0. The summed E-state index contributed by atoms with van der Waals surface area (Å²) in [7, 11) is 4.66. The van der Waals surface area contributed by atoms with Crippen LogP contribution in [0.15, 0.2) is 24.3 Å². The molecule has 0 aromatic heterocycles. The smallest absolute Gasteiger partial charge is 0.303 e. The third-order valence-corrected chi connectivity index (χ3v) is 3.21. The number of rotatable bonds is 10. The summed E-state index contributed by atoms with van der Waals surface area (Å²) in [6.07, 6.45) is 4.40.